The van der Waals surface area contributed by atoms with Gasteiger partial charge in [0.1, 0.15) is 5.75 Å². The monoisotopic (exact) mass is 262 g/mol. The van der Waals surface area contributed by atoms with E-state index in [4.69, 9.17) is 10.6 Å². The van der Waals surface area contributed by atoms with E-state index in [0.717, 1.165) is 11.7 Å². The van der Waals surface area contributed by atoms with Gasteiger partial charge in [0.25, 0.3) is 0 Å². The Labute approximate surface area is 116 Å². The molecule has 3 N–H and O–H groups in total. The van der Waals surface area contributed by atoms with Crippen molar-refractivity contribution in [3.8, 4) is 5.75 Å². The van der Waals surface area contributed by atoms with Crippen LogP contribution in [0.1, 0.15) is 51.6 Å². The molecule has 106 valence electrons. The lowest BCUT2D eigenvalue weighted by Gasteiger charge is -2.27. The molecule has 0 saturated heterocycles. The summed E-state index contributed by atoms with van der Waals surface area (Å²) in [6, 6.07) is 8.55. The molecular weight excluding hydrogens is 236 g/mol. The number of nitrogens with one attached hydrogen (secondary N) is 1. The molecule has 1 aromatic rings. The van der Waals surface area contributed by atoms with Gasteiger partial charge in [0.15, 0.2) is 0 Å². The van der Waals surface area contributed by atoms with Gasteiger partial charge in [-0.25, -0.2) is 0 Å². The van der Waals surface area contributed by atoms with Crippen LogP contribution in [0.25, 0.3) is 0 Å². The van der Waals surface area contributed by atoms with E-state index in [1.165, 1.54) is 24.8 Å². The average Bonchev–Trinajstić information content (AvgIpc) is 2.77. The summed E-state index contributed by atoms with van der Waals surface area (Å²) in [5.41, 5.74) is 4.25. The molecule has 0 radical (unpaired) electrons. The number of hydrogen-bond donors (Lipinski definition) is 2. The van der Waals surface area contributed by atoms with Crippen LogP contribution in [0.2, 0.25) is 0 Å². The molecule has 3 heteroatoms. The van der Waals surface area contributed by atoms with E-state index in [1.807, 2.05) is 19.9 Å². The predicted molar refractivity (Wildman–Crippen MR) is 78.8 cm³/mol. The molecule has 0 bridgehead atoms. The van der Waals surface area contributed by atoms with Crippen molar-refractivity contribution < 1.29 is 4.74 Å². The van der Waals surface area contributed by atoms with Crippen LogP contribution in [0, 0.1) is 11.8 Å². The molecule has 2 rings (SSSR count). The number of rotatable bonds is 5. The first-order valence-corrected chi connectivity index (χ1v) is 7.34. The van der Waals surface area contributed by atoms with Crippen LogP contribution in [0.4, 0.5) is 0 Å². The SMILES string of the molecule is CC(C)Oc1cccc(C(NN)C2CCCC2C)c1. The van der Waals surface area contributed by atoms with Gasteiger partial charge in [-0.3, -0.25) is 11.3 Å². The second-order valence-electron chi connectivity index (χ2n) is 5.96. The highest BCUT2D eigenvalue weighted by molar-refractivity contribution is 5.31. The lowest BCUT2D eigenvalue weighted by molar-refractivity contribution is 0.241. The van der Waals surface area contributed by atoms with E-state index in [9.17, 15) is 0 Å². The van der Waals surface area contributed by atoms with Crippen molar-refractivity contribution in [3.05, 3.63) is 29.8 Å². The zero-order valence-electron chi connectivity index (χ0n) is 12.2. The second kappa shape index (κ2) is 6.40. The molecule has 19 heavy (non-hydrogen) atoms. The van der Waals surface area contributed by atoms with E-state index in [-0.39, 0.29) is 12.1 Å². The smallest absolute Gasteiger partial charge is 0.120 e. The zero-order valence-corrected chi connectivity index (χ0v) is 12.2. The van der Waals surface area contributed by atoms with Gasteiger partial charge in [0.2, 0.25) is 0 Å². The summed E-state index contributed by atoms with van der Waals surface area (Å²) < 4.78 is 5.77. The maximum atomic E-state index is 5.81. The Balaban J connectivity index is 2.18. The van der Waals surface area contributed by atoms with Gasteiger partial charge in [-0.2, -0.15) is 0 Å². The van der Waals surface area contributed by atoms with Crippen LogP contribution in [-0.4, -0.2) is 6.10 Å². The summed E-state index contributed by atoms with van der Waals surface area (Å²) in [5.74, 6) is 8.09. The highest BCUT2D eigenvalue weighted by Crippen LogP contribution is 2.40. The van der Waals surface area contributed by atoms with Crippen molar-refractivity contribution in [3.63, 3.8) is 0 Å². The minimum absolute atomic E-state index is 0.199. The molecule has 3 unspecified atom stereocenters. The Hall–Kier alpha value is -1.06. The molecule has 1 aliphatic carbocycles. The van der Waals surface area contributed by atoms with Gasteiger partial charge in [0, 0.05) is 6.04 Å². The Bertz CT molecular complexity index is 405. The highest BCUT2D eigenvalue weighted by atomic mass is 16.5. The van der Waals surface area contributed by atoms with E-state index < -0.39 is 0 Å². The van der Waals surface area contributed by atoms with Crippen LogP contribution < -0.4 is 16.0 Å². The first kappa shape index (κ1) is 14.4. The molecular formula is C16H26N2O. The molecule has 0 aliphatic heterocycles. The fourth-order valence-corrected chi connectivity index (χ4v) is 3.19. The summed E-state index contributed by atoms with van der Waals surface area (Å²) in [4.78, 5) is 0. The molecule has 1 aromatic carbocycles. The molecule has 3 nitrogen and oxygen atoms in total. The Morgan fingerprint density at radius 1 is 1.32 bits per heavy atom. The molecule has 1 fully saturated rings. The van der Waals surface area contributed by atoms with E-state index in [0.29, 0.717) is 5.92 Å². The van der Waals surface area contributed by atoms with Crippen molar-refractivity contribution in [1.82, 2.24) is 5.43 Å². The molecule has 1 saturated carbocycles. The van der Waals surface area contributed by atoms with Crippen LogP contribution in [0.3, 0.4) is 0 Å². The molecule has 0 aromatic heterocycles. The molecule has 0 spiro atoms. The van der Waals surface area contributed by atoms with Crippen molar-refractivity contribution in [2.45, 2.75) is 52.2 Å². The van der Waals surface area contributed by atoms with Crippen molar-refractivity contribution in [2.24, 2.45) is 17.7 Å². The number of hydrazine groups is 1. The molecule has 1 aliphatic rings. The summed E-state index contributed by atoms with van der Waals surface area (Å²) in [5, 5.41) is 0. The maximum Gasteiger partial charge on any atom is 0.120 e. The van der Waals surface area contributed by atoms with Gasteiger partial charge in [-0.1, -0.05) is 31.9 Å². The van der Waals surface area contributed by atoms with Gasteiger partial charge < -0.3 is 4.74 Å². The minimum atomic E-state index is 0.199. The van der Waals surface area contributed by atoms with E-state index in [2.05, 4.69) is 30.5 Å². The van der Waals surface area contributed by atoms with Crippen molar-refractivity contribution in [2.75, 3.05) is 0 Å². The van der Waals surface area contributed by atoms with Crippen LogP contribution in [0.15, 0.2) is 24.3 Å². The van der Waals surface area contributed by atoms with Gasteiger partial charge >= 0.3 is 0 Å². The lowest BCUT2D eigenvalue weighted by atomic mass is 9.86. The quantitative estimate of drug-likeness (QED) is 0.631. The van der Waals surface area contributed by atoms with Crippen molar-refractivity contribution in [1.29, 1.82) is 0 Å². The number of ether oxygens (including phenoxy) is 1. The van der Waals surface area contributed by atoms with Crippen LogP contribution >= 0.6 is 0 Å². The normalized spacial score (nSPS) is 24.7. The summed E-state index contributed by atoms with van der Waals surface area (Å²) in [7, 11) is 0. The standard InChI is InChI=1S/C16H26N2O/c1-11(2)19-14-8-5-7-13(10-14)16(18-17)15-9-4-6-12(15)3/h5,7-8,10-12,15-16,18H,4,6,9,17H2,1-3H3. The minimum Gasteiger partial charge on any atom is -0.491 e. The maximum absolute atomic E-state index is 5.81. The molecule has 0 amide bonds. The fraction of sp³-hybridized carbons (Fsp3) is 0.625. The Kier molecular flexibility index (Phi) is 4.83. The van der Waals surface area contributed by atoms with Gasteiger partial charge in [0.05, 0.1) is 6.10 Å². The lowest BCUT2D eigenvalue weighted by Crippen LogP contribution is -2.34. The number of benzene rings is 1. The first-order valence-electron chi connectivity index (χ1n) is 7.34. The Morgan fingerprint density at radius 3 is 2.68 bits per heavy atom. The molecule has 0 heterocycles. The van der Waals surface area contributed by atoms with E-state index in [1.54, 1.807) is 0 Å². The van der Waals surface area contributed by atoms with Crippen molar-refractivity contribution >= 4 is 0 Å². The third kappa shape index (κ3) is 3.48. The molecule has 3 atom stereocenters. The highest BCUT2D eigenvalue weighted by Gasteiger charge is 2.31. The third-order valence-corrected chi connectivity index (χ3v) is 4.12. The van der Waals surface area contributed by atoms with Gasteiger partial charge in [-0.15, -0.1) is 0 Å². The number of nitrogens with two attached hydrogens (primary N) is 1. The third-order valence-electron chi connectivity index (χ3n) is 4.12. The zero-order chi connectivity index (χ0) is 13.8. The predicted octanol–water partition coefficient (Wildman–Crippen LogP) is 3.41. The van der Waals surface area contributed by atoms with Crippen LogP contribution in [0.5, 0.6) is 5.75 Å². The average molecular weight is 262 g/mol. The summed E-state index contributed by atoms with van der Waals surface area (Å²) >= 11 is 0. The summed E-state index contributed by atoms with van der Waals surface area (Å²) in [6.45, 7) is 6.42. The first-order chi connectivity index (χ1) is 9.11. The Morgan fingerprint density at radius 2 is 2.11 bits per heavy atom. The van der Waals surface area contributed by atoms with Gasteiger partial charge in [-0.05, 0) is 49.8 Å². The topological polar surface area (TPSA) is 47.3 Å². The number of hydrogen-bond acceptors (Lipinski definition) is 3. The fourth-order valence-electron chi connectivity index (χ4n) is 3.19. The van der Waals surface area contributed by atoms with Crippen LogP contribution in [-0.2, 0) is 0 Å². The second-order valence-corrected chi connectivity index (χ2v) is 5.96. The van der Waals surface area contributed by atoms with E-state index >= 15 is 0 Å². The largest absolute Gasteiger partial charge is 0.491 e. The summed E-state index contributed by atoms with van der Waals surface area (Å²) in [6.07, 6.45) is 4.08.